The normalized spacial score (nSPS) is 9.93. The number of ether oxygens (including phenoxy) is 1. The topological polar surface area (TPSA) is 46.5 Å². The van der Waals surface area contributed by atoms with E-state index in [4.69, 9.17) is 9.84 Å². The molecule has 0 radical (unpaired) electrons. The Bertz CT molecular complexity index is 356. The van der Waals surface area contributed by atoms with E-state index in [1.807, 2.05) is 19.9 Å². The molecule has 0 aliphatic carbocycles. The third-order valence-electron chi connectivity index (χ3n) is 2.33. The minimum Gasteiger partial charge on any atom is -0.497 e. The van der Waals surface area contributed by atoms with Crippen LogP contribution in [0.2, 0.25) is 0 Å². The molecule has 0 heterocycles. The van der Waals surface area contributed by atoms with E-state index < -0.39 is 5.97 Å². The molecule has 3 nitrogen and oxygen atoms in total. The zero-order chi connectivity index (χ0) is 10.7. The monoisotopic (exact) mass is 194 g/mol. The van der Waals surface area contributed by atoms with E-state index in [1.54, 1.807) is 13.2 Å². The van der Waals surface area contributed by atoms with Crippen LogP contribution in [-0.4, -0.2) is 18.2 Å². The van der Waals surface area contributed by atoms with Crippen molar-refractivity contribution in [1.82, 2.24) is 0 Å². The van der Waals surface area contributed by atoms with Gasteiger partial charge in [-0.05, 0) is 42.7 Å². The maximum absolute atomic E-state index is 10.6. The van der Waals surface area contributed by atoms with E-state index in [2.05, 4.69) is 0 Å². The second-order valence-corrected chi connectivity index (χ2v) is 3.30. The molecular formula is C11H14O3. The summed E-state index contributed by atoms with van der Waals surface area (Å²) in [7, 11) is 1.58. The number of carbonyl (C=O) groups is 1. The minimum absolute atomic E-state index is 0.0455. The minimum atomic E-state index is -0.819. The van der Waals surface area contributed by atoms with Crippen LogP contribution >= 0.6 is 0 Å². The number of aryl methyl sites for hydroxylation is 1. The second-order valence-electron chi connectivity index (χ2n) is 3.30. The van der Waals surface area contributed by atoms with Crippen LogP contribution in [0.3, 0.4) is 0 Å². The lowest BCUT2D eigenvalue weighted by Gasteiger charge is -2.09. The fourth-order valence-corrected chi connectivity index (χ4v) is 1.36. The quantitative estimate of drug-likeness (QED) is 0.799. The maximum atomic E-state index is 10.6. The zero-order valence-corrected chi connectivity index (χ0v) is 8.63. The molecule has 0 aliphatic heterocycles. The van der Waals surface area contributed by atoms with Gasteiger partial charge in [-0.25, -0.2) is 0 Å². The molecule has 0 aromatic heterocycles. The number of benzene rings is 1. The van der Waals surface area contributed by atoms with Crippen LogP contribution in [-0.2, 0) is 11.2 Å². The molecule has 0 amide bonds. The average Bonchev–Trinajstić information content (AvgIpc) is 2.11. The Morgan fingerprint density at radius 3 is 2.57 bits per heavy atom. The van der Waals surface area contributed by atoms with Gasteiger partial charge in [-0.1, -0.05) is 0 Å². The van der Waals surface area contributed by atoms with Crippen molar-refractivity contribution in [3.05, 3.63) is 28.8 Å². The SMILES string of the molecule is COc1cc(C)c(C)c(CC(=O)O)c1. The molecule has 0 saturated carbocycles. The first-order valence-corrected chi connectivity index (χ1v) is 4.40. The number of hydrogen-bond donors (Lipinski definition) is 1. The number of rotatable bonds is 3. The molecule has 1 rings (SSSR count). The van der Waals surface area contributed by atoms with Crippen molar-refractivity contribution in [3.8, 4) is 5.75 Å². The Kier molecular flexibility index (Phi) is 3.12. The number of methoxy groups -OCH3 is 1. The predicted octanol–water partition coefficient (Wildman–Crippen LogP) is 1.94. The number of hydrogen-bond acceptors (Lipinski definition) is 2. The highest BCUT2D eigenvalue weighted by Gasteiger charge is 2.08. The van der Waals surface area contributed by atoms with Gasteiger partial charge in [0.15, 0.2) is 0 Å². The highest BCUT2D eigenvalue weighted by molar-refractivity contribution is 5.71. The van der Waals surface area contributed by atoms with Gasteiger partial charge < -0.3 is 9.84 Å². The number of carboxylic acids is 1. The van der Waals surface area contributed by atoms with Crippen LogP contribution < -0.4 is 4.74 Å². The predicted molar refractivity (Wildman–Crippen MR) is 53.8 cm³/mol. The van der Waals surface area contributed by atoms with Gasteiger partial charge in [-0.3, -0.25) is 4.79 Å². The third-order valence-corrected chi connectivity index (χ3v) is 2.33. The molecule has 0 atom stereocenters. The molecule has 0 unspecified atom stereocenters. The lowest BCUT2D eigenvalue weighted by Crippen LogP contribution is -2.03. The molecule has 76 valence electrons. The third kappa shape index (κ3) is 2.25. The first kappa shape index (κ1) is 10.6. The van der Waals surface area contributed by atoms with Crippen LogP contribution in [0.1, 0.15) is 16.7 Å². The van der Waals surface area contributed by atoms with Crippen LogP contribution in [0.5, 0.6) is 5.75 Å². The Labute approximate surface area is 83.3 Å². The van der Waals surface area contributed by atoms with E-state index in [0.29, 0.717) is 5.75 Å². The molecule has 0 spiro atoms. The molecule has 14 heavy (non-hydrogen) atoms. The molecule has 0 aliphatic rings. The van der Waals surface area contributed by atoms with Gasteiger partial charge in [-0.15, -0.1) is 0 Å². The molecule has 0 saturated heterocycles. The lowest BCUT2D eigenvalue weighted by atomic mass is 10.0. The zero-order valence-electron chi connectivity index (χ0n) is 8.63. The molecule has 1 N–H and O–H groups in total. The van der Waals surface area contributed by atoms with E-state index in [-0.39, 0.29) is 6.42 Å². The van der Waals surface area contributed by atoms with Crippen molar-refractivity contribution < 1.29 is 14.6 Å². The molecule has 0 bridgehead atoms. The molecular weight excluding hydrogens is 180 g/mol. The number of aliphatic carboxylic acids is 1. The van der Waals surface area contributed by atoms with Crippen molar-refractivity contribution >= 4 is 5.97 Å². The van der Waals surface area contributed by atoms with Gasteiger partial charge in [0, 0.05) is 0 Å². The smallest absolute Gasteiger partial charge is 0.307 e. The van der Waals surface area contributed by atoms with E-state index >= 15 is 0 Å². The van der Waals surface area contributed by atoms with Crippen LogP contribution in [0.25, 0.3) is 0 Å². The van der Waals surface area contributed by atoms with Crippen LogP contribution in [0.4, 0.5) is 0 Å². The Hall–Kier alpha value is -1.51. The van der Waals surface area contributed by atoms with Crippen LogP contribution in [0.15, 0.2) is 12.1 Å². The van der Waals surface area contributed by atoms with Gasteiger partial charge in [0.05, 0.1) is 13.5 Å². The van der Waals surface area contributed by atoms with Gasteiger partial charge >= 0.3 is 5.97 Å². The van der Waals surface area contributed by atoms with Gasteiger partial charge in [-0.2, -0.15) is 0 Å². The van der Waals surface area contributed by atoms with E-state index in [1.165, 1.54) is 0 Å². The standard InChI is InChI=1S/C11H14O3/c1-7-4-10(14-3)5-9(8(7)2)6-11(12)13/h4-5H,6H2,1-3H3,(H,12,13). The van der Waals surface area contributed by atoms with Gasteiger partial charge in [0.25, 0.3) is 0 Å². The van der Waals surface area contributed by atoms with Crippen molar-refractivity contribution in [2.45, 2.75) is 20.3 Å². The fraction of sp³-hybridized carbons (Fsp3) is 0.364. The Balaban J connectivity index is 3.13. The first-order chi connectivity index (χ1) is 6.54. The summed E-state index contributed by atoms with van der Waals surface area (Å²) >= 11 is 0. The van der Waals surface area contributed by atoms with Crippen LogP contribution in [0, 0.1) is 13.8 Å². The highest BCUT2D eigenvalue weighted by atomic mass is 16.5. The number of carboxylic acid groups (broad SMARTS) is 1. The summed E-state index contributed by atoms with van der Waals surface area (Å²) < 4.78 is 5.08. The largest absolute Gasteiger partial charge is 0.497 e. The van der Waals surface area contributed by atoms with E-state index in [9.17, 15) is 4.79 Å². The average molecular weight is 194 g/mol. The summed E-state index contributed by atoms with van der Waals surface area (Å²) in [6.07, 6.45) is 0.0455. The summed E-state index contributed by atoms with van der Waals surface area (Å²) in [6.45, 7) is 3.87. The summed E-state index contributed by atoms with van der Waals surface area (Å²) in [4.78, 5) is 10.6. The van der Waals surface area contributed by atoms with E-state index in [0.717, 1.165) is 16.7 Å². The van der Waals surface area contributed by atoms with Crippen molar-refractivity contribution in [3.63, 3.8) is 0 Å². The molecule has 3 heteroatoms. The van der Waals surface area contributed by atoms with Gasteiger partial charge in [0.2, 0.25) is 0 Å². The summed E-state index contributed by atoms with van der Waals surface area (Å²) in [6, 6.07) is 3.68. The summed E-state index contributed by atoms with van der Waals surface area (Å²) in [5.41, 5.74) is 2.89. The molecule has 1 aromatic carbocycles. The molecule has 1 aromatic rings. The first-order valence-electron chi connectivity index (χ1n) is 4.40. The van der Waals surface area contributed by atoms with Crippen molar-refractivity contribution in [1.29, 1.82) is 0 Å². The lowest BCUT2D eigenvalue weighted by molar-refractivity contribution is -0.136. The highest BCUT2D eigenvalue weighted by Crippen LogP contribution is 2.21. The second kappa shape index (κ2) is 4.13. The Morgan fingerprint density at radius 1 is 1.43 bits per heavy atom. The Morgan fingerprint density at radius 2 is 2.07 bits per heavy atom. The summed E-state index contributed by atoms with van der Waals surface area (Å²) in [5, 5.41) is 8.71. The molecule has 0 fully saturated rings. The van der Waals surface area contributed by atoms with Crippen molar-refractivity contribution in [2.24, 2.45) is 0 Å². The van der Waals surface area contributed by atoms with Gasteiger partial charge in [0.1, 0.15) is 5.75 Å². The van der Waals surface area contributed by atoms with Crippen molar-refractivity contribution in [2.75, 3.05) is 7.11 Å². The summed E-state index contributed by atoms with van der Waals surface area (Å²) in [5.74, 6) is -0.106. The maximum Gasteiger partial charge on any atom is 0.307 e. The fourth-order valence-electron chi connectivity index (χ4n) is 1.36.